The van der Waals surface area contributed by atoms with Crippen LogP contribution in [-0.2, 0) is 4.79 Å². The van der Waals surface area contributed by atoms with E-state index in [2.05, 4.69) is 16.0 Å². The van der Waals surface area contributed by atoms with Gasteiger partial charge in [0.2, 0.25) is 5.91 Å². The fourth-order valence-electron chi connectivity index (χ4n) is 3.16. The van der Waals surface area contributed by atoms with Crippen LogP contribution in [-0.4, -0.2) is 37.1 Å². The number of halogens is 1. The molecule has 1 aromatic rings. The third-order valence-corrected chi connectivity index (χ3v) is 4.58. The first-order valence-electron chi connectivity index (χ1n) is 7.86. The highest BCUT2D eigenvalue weighted by atomic mass is 35.5. The monoisotopic (exact) mass is 338 g/mol. The average Bonchev–Trinajstić information content (AvgIpc) is 3.17. The zero-order valence-corrected chi connectivity index (χ0v) is 14.0. The second-order valence-electron chi connectivity index (χ2n) is 5.85. The van der Waals surface area contributed by atoms with Crippen molar-refractivity contribution in [1.29, 1.82) is 0 Å². The van der Waals surface area contributed by atoms with Gasteiger partial charge in [0.1, 0.15) is 0 Å². The third-order valence-electron chi connectivity index (χ3n) is 4.58. The van der Waals surface area contributed by atoms with Crippen LogP contribution < -0.4 is 20.9 Å². The minimum atomic E-state index is -0.437. The number of hydrogen-bond donors (Lipinski definition) is 3. The lowest BCUT2D eigenvalue weighted by Gasteiger charge is -2.26. The van der Waals surface area contributed by atoms with Gasteiger partial charge in [0.05, 0.1) is 5.54 Å². The summed E-state index contributed by atoms with van der Waals surface area (Å²) in [6, 6.07) is 7.34. The Morgan fingerprint density at radius 1 is 1.30 bits per heavy atom. The fourth-order valence-corrected chi connectivity index (χ4v) is 3.16. The van der Waals surface area contributed by atoms with E-state index in [0.717, 1.165) is 37.2 Å². The van der Waals surface area contributed by atoms with Gasteiger partial charge in [0.25, 0.3) is 0 Å². The lowest BCUT2D eigenvalue weighted by atomic mass is 9.93. The van der Waals surface area contributed by atoms with Gasteiger partial charge in [-0.2, -0.15) is 0 Å². The third kappa shape index (κ3) is 3.43. The van der Waals surface area contributed by atoms with Gasteiger partial charge in [0, 0.05) is 24.5 Å². The van der Waals surface area contributed by atoms with E-state index in [-0.39, 0.29) is 24.3 Å². The Balaban J connectivity index is 0.00000192. The van der Waals surface area contributed by atoms with Crippen LogP contribution in [0.15, 0.2) is 24.3 Å². The van der Waals surface area contributed by atoms with E-state index < -0.39 is 5.54 Å². The van der Waals surface area contributed by atoms with Crippen LogP contribution in [0.1, 0.15) is 26.2 Å². The molecule has 0 spiro atoms. The number of benzene rings is 1. The Kier molecular flexibility index (Phi) is 5.49. The molecule has 126 valence electrons. The second-order valence-corrected chi connectivity index (χ2v) is 5.85. The van der Waals surface area contributed by atoms with Crippen molar-refractivity contribution < 1.29 is 9.59 Å². The number of anilines is 2. The van der Waals surface area contributed by atoms with Gasteiger partial charge >= 0.3 is 6.03 Å². The van der Waals surface area contributed by atoms with Crippen molar-refractivity contribution >= 4 is 35.7 Å². The van der Waals surface area contributed by atoms with E-state index in [1.54, 1.807) is 4.90 Å². The Morgan fingerprint density at radius 3 is 2.57 bits per heavy atom. The van der Waals surface area contributed by atoms with Crippen molar-refractivity contribution in [1.82, 2.24) is 10.6 Å². The fraction of sp³-hybridized carbons (Fsp3) is 0.500. The van der Waals surface area contributed by atoms with Gasteiger partial charge in [-0.25, -0.2) is 4.79 Å². The highest BCUT2D eigenvalue weighted by Gasteiger charge is 2.39. The standard InChI is InChI=1S/C16H22N4O2.ClH/c1-2-16(8-3-9-18-16)14(21)19-12-4-6-13(7-5-12)20-11-10-17-15(20)22;/h4-7,18H,2-3,8-11H2,1H3,(H,17,22)(H,19,21);1H. The van der Waals surface area contributed by atoms with Crippen LogP contribution in [0.2, 0.25) is 0 Å². The number of nitrogens with zero attached hydrogens (tertiary/aromatic N) is 1. The van der Waals surface area contributed by atoms with Gasteiger partial charge in [0.15, 0.2) is 0 Å². The van der Waals surface area contributed by atoms with Crippen molar-refractivity contribution in [2.75, 3.05) is 29.9 Å². The molecule has 7 heteroatoms. The molecule has 1 atom stereocenters. The molecule has 2 fully saturated rings. The number of urea groups is 1. The van der Waals surface area contributed by atoms with E-state index in [1.165, 1.54) is 0 Å². The molecular formula is C16H23ClN4O2. The number of amides is 3. The minimum absolute atomic E-state index is 0. The maximum absolute atomic E-state index is 12.5. The topological polar surface area (TPSA) is 73.5 Å². The molecule has 0 aliphatic carbocycles. The molecule has 2 heterocycles. The summed E-state index contributed by atoms with van der Waals surface area (Å²) in [7, 11) is 0. The zero-order valence-electron chi connectivity index (χ0n) is 13.2. The molecule has 0 saturated carbocycles. The molecule has 3 N–H and O–H groups in total. The van der Waals surface area contributed by atoms with E-state index in [4.69, 9.17) is 0 Å². The summed E-state index contributed by atoms with van der Waals surface area (Å²) in [6.45, 7) is 4.27. The van der Waals surface area contributed by atoms with Crippen molar-refractivity contribution in [2.45, 2.75) is 31.7 Å². The smallest absolute Gasteiger partial charge is 0.321 e. The molecule has 3 amide bonds. The number of hydrogen-bond acceptors (Lipinski definition) is 3. The number of nitrogens with one attached hydrogen (secondary N) is 3. The molecule has 2 aliphatic heterocycles. The van der Waals surface area contributed by atoms with Gasteiger partial charge in [-0.3, -0.25) is 9.69 Å². The van der Waals surface area contributed by atoms with Crippen LogP contribution >= 0.6 is 12.4 Å². The first-order valence-corrected chi connectivity index (χ1v) is 7.86. The number of rotatable bonds is 4. The van der Waals surface area contributed by atoms with Gasteiger partial charge < -0.3 is 16.0 Å². The normalized spacial score (nSPS) is 23.3. The van der Waals surface area contributed by atoms with Gasteiger partial charge in [-0.05, 0) is 50.1 Å². The van der Waals surface area contributed by atoms with Crippen molar-refractivity contribution in [3.05, 3.63) is 24.3 Å². The van der Waals surface area contributed by atoms with E-state index in [1.807, 2.05) is 31.2 Å². The van der Waals surface area contributed by atoms with E-state index in [9.17, 15) is 9.59 Å². The van der Waals surface area contributed by atoms with Crippen molar-refractivity contribution in [3.63, 3.8) is 0 Å². The Morgan fingerprint density at radius 2 is 2.04 bits per heavy atom. The maximum atomic E-state index is 12.5. The first kappa shape index (κ1) is 17.6. The molecule has 0 bridgehead atoms. The summed E-state index contributed by atoms with van der Waals surface area (Å²) >= 11 is 0. The Hall–Kier alpha value is -1.79. The molecule has 1 aromatic carbocycles. The molecule has 6 nitrogen and oxygen atoms in total. The lowest BCUT2D eigenvalue weighted by Crippen LogP contribution is -2.50. The van der Waals surface area contributed by atoms with E-state index in [0.29, 0.717) is 13.1 Å². The van der Waals surface area contributed by atoms with Gasteiger partial charge in [-0.1, -0.05) is 6.92 Å². The van der Waals surface area contributed by atoms with Crippen LogP contribution in [0.4, 0.5) is 16.2 Å². The molecule has 1 unspecified atom stereocenters. The molecular weight excluding hydrogens is 316 g/mol. The molecule has 23 heavy (non-hydrogen) atoms. The highest BCUT2D eigenvalue weighted by Crippen LogP contribution is 2.26. The molecule has 0 radical (unpaired) electrons. The summed E-state index contributed by atoms with van der Waals surface area (Å²) in [6.07, 6.45) is 2.69. The molecule has 2 aliphatic rings. The summed E-state index contributed by atoms with van der Waals surface area (Å²) in [5, 5.41) is 9.09. The summed E-state index contributed by atoms with van der Waals surface area (Å²) in [4.78, 5) is 25.8. The van der Waals surface area contributed by atoms with E-state index >= 15 is 0 Å². The first-order chi connectivity index (χ1) is 10.6. The summed E-state index contributed by atoms with van der Waals surface area (Å²) in [5.74, 6) is 0.0270. The predicted molar refractivity (Wildman–Crippen MR) is 93.3 cm³/mol. The second kappa shape index (κ2) is 7.19. The van der Waals surface area contributed by atoms with Crippen molar-refractivity contribution in [3.8, 4) is 0 Å². The minimum Gasteiger partial charge on any atom is -0.336 e. The van der Waals surface area contributed by atoms with Gasteiger partial charge in [-0.15, -0.1) is 12.4 Å². The SMILES string of the molecule is CCC1(C(=O)Nc2ccc(N3CCNC3=O)cc2)CCCN1.Cl. The lowest BCUT2D eigenvalue weighted by molar-refractivity contribution is -0.122. The maximum Gasteiger partial charge on any atom is 0.321 e. The van der Waals surface area contributed by atoms with Crippen LogP contribution in [0.3, 0.4) is 0 Å². The van der Waals surface area contributed by atoms with Crippen molar-refractivity contribution in [2.24, 2.45) is 0 Å². The Labute approximate surface area is 142 Å². The predicted octanol–water partition coefficient (Wildman–Crippen LogP) is 2.11. The van der Waals surface area contributed by atoms with Crippen LogP contribution in [0, 0.1) is 0 Å². The van der Waals surface area contributed by atoms with Crippen LogP contribution in [0.25, 0.3) is 0 Å². The molecule has 2 saturated heterocycles. The number of carbonyl (C=O) groups is 2. The average molecular weight is 339 g/mol. The summed E-state index contributed by atoms with van der Waals surface area (Å²) in [5.41, 5.74) is 1.17. The van der Waals surface area contributed by atoms with Crippen LogP contribution in [0.5, 0.6) is 0 Å². The molecule has 3 rings (SSSR count). The highest BCUT2D eigenvalue weighted by molar-refractivity contribution is 5.99. The largest absolute Gasteiger partial charge is 0.336 e. The molecule has 0 aromatic heterocycles. The summed E-state index contributed by atoms with van der Waals surface area (Å²) < 4.78 is 0. The zero-order chi connectivity index (χ0) is 15.6. The quantitative estimate of drug-likeness (QED) is 0.787. The number of carbonyl (C=O) groups excluding carboxylic acids is 2. The Bertz CT molecular complexity index is 570.